The van der Waals surface area contributed by atoms with E-state index in [-0.39, 0.29) is 5.91 Å². The van der Waals surface area contributed by atoms with Crippen LogP contribution in [0.4, 0.5) is 5.13 Å². The van der Waals surface area contributed by atoms with Crippen molar-refractivity contribution in [2.45, 2.75) is 13.0 Å². The van der Waals surface area contributed by atoms with Crippen molar-refractivity contribution in [3.63, 3.8) is 0 Å². The molecule has 5 nitrogen and oxygen atoms in total. The number of aliphatic hydroxyl groups excluding tert-OH is 1. The minimum Gasteiger partial charge on any atom is -0.388 e. The van der Waals surface area contributed by atoms with Gasteiger partial charge in [0.25, 0.3) is 0 Å². The number of aromatic nitrogens is 1. The summed E-state index contributed by atoms with van der Waals surface area (Å²) in [4.78, 5) is 20.3. The molecule has 0 aromatic carbocycles. The molecule has 88 valence electrons. The monoisotopic (exact) mass is 241 g/mol. The molecule has 6 heteroatoms. The van der Waals surface area contributed by atoms with Crippen molar-refractivity contribution in [2.24, 2.45) is 0 Å². The van der Waals surface area contributed by atoms with Crippen molar-refractivity contribution in [2.75, 3.05) is 31.6 Å². The minimum atomic E-state index is -0.491. The molecule has 1 unspecified atom stereocenters. The van der Waals surface area contributed by atoms with Crippen molar-refractivity contribution in [3.05, 3.63) is 11.1 Å². The molecule has 0 spiro atoms. The lowest BCUT2D eigenvalue weighted by Gasteiger charge is -2.31. The van der Waals surface area contributed by atoms with E-state index in [4.69, 9.17) is 0 Å². The number of carbonyl (C=O) groups is 1. The Morgan fingerprint density at radius 1 is 1.56 bits per heavy atom. The van der Waals surface area contributed by atoms with Crippen LogP contribution in [-0.2, 0) is 4.79 Å². The first-order chi connectivity index (χ1) is 7.58. The van der Waals surface area contributed by atoms with Gasteiger partial charge in [-0.2, -0.15) is 0 Å². The van der Waals surface area contributed by atoms with Gasteiger partial charge in [0.05, 0.1) is 17.5 Å². The number of hydrogen-bond donors (Lipinski definition) is 1. The number of hydrogen-bond acceptors (Lipinski definition) is 5. The van der Waals surface area contributed by atoms with Gasteiger partial charge in [-0.05, 0) is 6.92 Å². The fourth-order valence-corrected chi connectivity index (χ4v) is 2.42. The lowest BCUT2D eigenvalue weighted by Crippen LogP contribution is -2.48. The molecule has 1 saturated heterocycles. The molecule has 1 N–H and O–H groups in total. The van der Waals surface area contributed by atoms with Gasteiger partial charge in [0.15, 0.2) is 5.13 Å². The molecule has 1 aliphatic rings. The third-order valence-corrected chi connectivity index (χ3v) is 3.88. The van der Waals surface area contributed by atoms with E-state index in [0.29, 0.717) is 6.54 Å². The molecule has 16 heavy (non-hydrogen) atoms. The molecular formula is C10H15N3O2S. The highest BCUT2D eigenvalue weighted by atomic mass is 32.1. The largest absolute Gasteiger partial charge is 0.388 e. The fourth-order valence-electron chi connectivity index (χ4n) is 1.54. The second kappa shape index (κ2) is 4.39. The predicted molar refractivity (Wildman–Crippen MR) is 62.6 cm³/mol. The van der Waals surface area contributed by atoms with Gasteiger partial charge in [0.1, 0.15) is 0 Å². The molecule has 1 amide bonds. The Hall–Kier alpha value is -1.14. The second-order valence-electron chi connectivity index (χ2n) is 3.96. The maximum atomic E-state index is 11.5. The van der Waals surface area contributed by atoms with Gasteiger partial charge in [-0.1, -0.05) is 11.3 Å². The van der Waals surface area contributed by atoms with Crippen LogP contribution in [0.3, 0.4) is 0 Å². The van der Waals surface area contributed by atoms with Gasteiger partial charge >= 0.3 is 0 Å². The number of likely N-dealkylation sites (N-methyl/N-ethyl adjacent to an activating group) is 1. The van der Waals surface area contributed by atoms with Crippen LogP contribution in [0.1, 0.15) is 17.9 Å². The second-order valence-corrected chi connectivity index (χ2v) is 5.00. The van der Waals surface area contributed by atoms with Crippen molar-refractivity contribution in [3.8, 4) is 0 Å². The molecule has 1 aromatic rings. The van der Waals surface area contributed by atoms with E-state index < -0.39 is 6.10 Å². The summed E-state index contributed by atoms with van der Waals surface area (Å²) in [6, 6.07) is 0. The Kier molecular flexibility index (Phi) is 3.11. The standard InChI is InChI=1S/C10H15N3O2S/c1-7(14)8-5-11-10(16-8)13-4-3-12(2)9(15)6-13/h5,7,14H,3-4,6H2,1-2H3. The van der Waals surface area contributed by atoms with Gasteiger partial charge in [-0.3, -0.25) is 4.79 Å². The van der Waals surface area contributed by atoms with Crippen LogP contribution in [0.15, 0.2) is 6.20 Å². The van der Waals surface area contributed by atoms with E-state index in [1.807, 2.05) is 11.9 Å². The number of aliphatic hydroxyl groups is 1. The molecule has 1 aromatic heterocycles. The fraction of sp³-hybridized carbons (Fsp3) is 0.600. The smallest absolute Gasteiger partial charge is 0.241 e. The molecule has 2 heterocycles. The molecule has 0 bridgehead atoms. The number of rotatable bonds is 2. The SMILES string of the molecule is CC(O)c1cnc(N2CCN(C)C(=O)C2)s1. The van der Waals surface area contributed by atoms with E-state index >= 15 is 0 Å². The van der Waals surface area contributed by atoms with Crippen molar-refractivity contribution >= 4 is 22.4 Å². The third-order valence-electron chi connectivity index (χ3n) is 2.65. The van der Waals surface area contributed by atoms with Crippen LogP contribution in [0.5, 0.6) is 0 Å². The Labute approximate surface area is 98.3 Å². The van der Waals surface area contributed by atoms with E-state index in [9.17, 15) is 9.90 Å². The summed E-state index contributed by atoms with van der Waals surface area (Å²) >= 11 is 1.44. The molecular weight excluding hydrogens is 226 g/mol. The molecule has 1 atom stereocenters. The highest BCUT2D eigenvalue weighted by Gasteiger charge is 2.23. The zero-order valence-electron chi connectivity index (χ0n) is 9.38. The van der Waals surface area contributed by atoms with E-state index in [1.165, 1.54) is 11.3 Å². The van der Waals surface area contributed by atoms with E-state index in [1.54, 1.807) is 18.0 Å². The Bertz CT molecular complexity index is 391. The summed E-state index contributed by atoms with van der Waals surface area (Å²) in [6.45, 7) is 3.62. The number of anilines is 1. The average Bonchev–Trinajstić information content (AvgIpc) is 2.71. The number of thiazole rings is 1. The van der Waals surface area contributed by atoms with Crippen LogP contribution in [0.2, 0.25) is 0 Å². The van der Waals surface area contributed by atoms with Gasteiger partial charge in [0.2, 0.25) is 5.91 Å². The summed E-state index contributed by atoms with van der Waals surface area (Å²) in [5.41, 5.74) is 0. The van der Waals surface area contributed by atoms with E-state index in [2.05, 4.69) is 4.98 Å². The number of amides is 1. The van der Waals surface area contributed by atoms with Gasteiger partial charge < -0.3 is 14.9 Å². The predicted octanol–water partition coefficient (Wildman–Crippen LogP) is 0.475. The number of nitrogens with zero attached hydrogens (tertiary/aromatic N) is 3. The van der Waals surface area contributed by atoms with Gasteiger partial charge in [0, 0.05) is 26.3 Å². The summed E-state index contributed by atoms with van der Waals surface area (Å²) in [6.07, 6.45) is 1.18. The average molecular weight is 241 g/mol. The summed E-state index contributed by atoms with van der Waals surface area (Å²) in [7, 11) is 1.81. The maximum Gasteiger partial charge on any atom is 0.241 e. The third kappa shape index (κ3) is 2.17. The maximum absolute atomic E-state index is 11.5. The van der Waals surface area contributed by atoms with Crippen molar-refractivity contribution in [1.29, 1.82) is 0 Å². The molecule has 0 radical (unpaired) electrons. The Balaban J connectivity index is 2.09. The summed E-state index contributed by atoms with van der Waals surface area (Å²) in [5.74, 6) is 0.111. The number of carbonyl (C=O) groups excluding carboxylic acids is 1. The normalized spacial score (nSPS) is 19.1. The van der Waals surface area contributed by atoms with Crippen LogP contribution >= 0.6 is 11.3 Å². The molecule has 0 saturated carbocycles. The van der Waals surface area contributed by atoms with Gasteiger partial charge in [-0.25, -0.2) is 4.98 Å². The molecule has 2 rings (SSSR count). The van der Waals surface area contributed by atoms with Crippen molar-refractivity contribution in [1.82, 2.24) is 9.88 Å². The van der Waals surface area contributed by atoms with Crippen molar-refractivity contribution < 1.29 is 9.90 Å². The quantitative estimate of drug-likeness (QED) is 0.818. The highest BCUT2D eigenvalue weighted by Crippen LogP contribution is 2.27. The van der Waals surface area contributed by atoms with Crippen LogP contribution < -0.4 is 4.90 Å². The summed E-state index contributed by atoms with van der Waals surface area (Å²) in [5, 5.41) is 10.2. The minimum absolute atomic E-state index is 0.111. The highest BCUT2D eigenvalue weighted by molar-refractivity contribution is 7.15. The topological polar surface area (TPSA) is 56.7 Å². The zero-order chi connectivity index (χ0) is 11.7. The molecule has 0 aliphatic carbocycles. The lowest BCUT2D eigenvalue weighted by atomic mass is 10.3. The lowest BCUT2D eigenvalue weighted by molar-refractivity contribution is -0.129. The summed E-state index contributed by atoms with van der Waals surface area (Å²) < 4.78 is 0. The van der Waals surface area contributed by atoms with Crippen LogP contribution in [-0.4, -0.2) is 47.6 Å². The first kappa shape index (κ1) is 11.3. The first-order valence-electron chi connectivity index (χ1n) is 5.20. The Morgan fingerprint density at radius 3 is 2.88 bits per heavy atom. The molecule has 1 fully saturated rings. The number of piperazine rings is 1. The van der Waals surface area contributed by atoms with Gasteiger partial charge in [-0.15, -0.1) is 0 Å². The van der Waals surface area contributed by atoms with Crippen LogP contribution in [0.25, 0.3) is 0 Å². The Morgan fingerprint density at radius 2 is 2.31 bits per heavy atom. The van der Waals surface area contributed by atoms with Crippen LogP contribution in [0, 0.1) is 0 Å². The molecule has 1 aliphatic heterocycles. The first-order valence-corrected chi connectivity index (χ1v) is 6.02. The zero-order valence-corrected chi connectivity index (χ0v) is 10.2. The van der Waals surface area contributed by atoms with E-state index in [0.717, 1.165) is 23.1 Å².